The van der Waals surface area contributed by atoms with Gasteiger partial charge in [0.2, 0.25) is 23.6 Å². The van der Waals surface area contributed by atoms with Gasteiger partial charge in [0.15, 0.2) is 0 Å². The van der Waals surface area contributed by atoms with E-state index in [1.54, 1.807) is 49.9 Å². The van der Waals surface area contributed by atoms with E-state index in [0.29, 0.717) is 25.1 Å². The van der Waals surface area contributed by atoms with Gasteiger partial charge < -0.3 is 40.1 Å². The van der Waals surface area contributed by atoms with Crippen molar-refractivity contribution in [2.75, 3.05) is 49.0 Å². The predicted octanol–water partition coefficient (Wildman–Crippen LogP) is 3.38. The van der Waals surface area contributed by atoms with E-state index in [1.165, 1.54) is 14.2 Å². The summed E-state index contributed by atoms with van der Waals surface area (Å²) in [6.07, 6.45) is 1.17. The molecule has 3 N–H and O–H groups in total. The van der Waals surface area contributed by atoms with Crippen LogP contribution >= 0.6 is 0 Å². The lowest BCUT2D eigenvalue weighted by molar-refractivity contribution is -0.147. The Morgan fingerprint density at radius 3 is 2.06 bits per heavy atom. The molecule has 0 bridgehead atoms. The monoisotopic (exact) mass is 757 g/mol. The highest BCUT2D eigenvalue weighted by Crippen LogP contribution is 2.30. The SMILES string of the molecule is CC[C@H](C)[C@@H]([C@@H](CC(=O)N1CCC[C@H]1[C@H](OC)[C@@H](C)C(=O)N[C@@H](Cc1ccccc1)C(=O)NC)OC)N(C)C(=O)[C@@H](NC(=O)C(=C(C)C)N(C)C)C(C)C. The molecular weight excluding hydrogens is 688 g/mol. The summed E-state index contributed by atoms with van der Waals surface area (Å²) in [6.45, 7) is 13.8. The average molecular weight is 757 g/mol. The van der Waals surface area contributed by atoms with Crippen LogP contribution in [0.15, 0.2) is 41.6 Å². The zero-order valence-corrected chi connectivity index (χ0v) is 35.0. The van der Waals surface area contributed by atoms with Crippen LogP contribution in [-0.2, 0) is 39.9 Å². The molecule has 2 rings (SSSR count). The molecule has 1 aromatic rings. The fourth-order valence-electron chi connectivity index (χ4n) is 7.66. The van der Waals surface area contributed by atoms with Crippen LogP contribution in [0.1, 0.15) is 79.7 Å². The minimum absolute atomic E-state index is 0.00765. The average Bonchev–Trinajstić information content (AvgIpc) is 3.62. The van der Waals surface area contributed by atoms with E-state index in [4.69, 9.17) is 9.47 Å². The van der Waals surface area contributed by atoms with Crippen molar-refractivity contribution in [1.29, 1.82) is 0 Å². The van der Waals surface area contributed by atoms with Gasteiger partial charge in [-0.1, -0.05) is 71.4 Å². The summed E-state index contributed by atoms with van der Waals surface area (Å²) < 4.78 is 12.0. The van der Waals surface area contributed by atoms with Crippen LogP contribution in [-0.4, -0.2) is 130 Å². The number of ether oxygens (including phenoxy) is 2. The molecular formula is C41H68N6O7. The Kier molecular flexibility index (Phi) is 18.6. The highest BCUT2D eigenvalue weighted by atomic mass is 16.5. The second kappa shape index (κ2) is 21.8. The zero-order valence-electron chi connectivity index (χ0n) is 35.0. The number of likely N-dealkylation sites (tertiary alicyclic amines) is 1. The number of nitrogens with zero attached hydrogens (tertiary/aromatic N) is 3. The van der Waals surface area contributed by atoms with Gasteiger partial charge in [0.1, 0.15) is 17.8 Å². The Bertz CT molecular complexity index is 1430. The Morgan fingerprint density at radius 1 is 0.926 bits per heavy atom. The van der Waals surface area contributed by atoms with Gasteiger partial charge in [0.05, 0.1) is 36.6 Å². The maximum atomic E-state index is 14.2. The van der Waals surface area contributed by atoms with Crippen molar-refractivity contribution in [3.05, 3.63) is 47.2 Å². The van der Waals surface area contributed by atoms with Crippen LogP contribution in [0.3, 0.4) is 0 Å². The summed E-state index contributed by atoms with van der Waals surface area (Å²) in [5.74, 6) is -2.30. The molecule has 1 aliphatic heterocycles. The first kappa shape index (κ1) is 46.2. The largest absolute Gasteiger partial charge is 0.379 e. The molecule has 0 unspecified atom stereocenters. The summed E-state index contributed by atoms with van der Waals surface area (Å²) in [6, 6.07) is 7.05. The van der Waals surface area contributed by atoms with Gasteiger partial charge in [-0.2, -0.15) is 0 Å². The molecule has 0 aromatic heterocycles. The zero-order chi connectivity index (χ0) is 40.9. The summed E-state index contributed by atoms with van der Waals surface area (Å²) in [5, 5.41) is 8.54. The third-order valence-corrected chi connectivity index (χ3v) is 10.8. The molecule has 54 heavy (non-hydrogen) atoms. The Labute approximate surface area is 323 Å². The Balaban J connectivity index is 2.30. The van der Waals surface area contributed by atoms with Crippen molar-refractivity contribution >= 4 is 29.5 Å². The van der Waals surface area contributed by atoms with Crippen molar-refractivity contribution in [2.45, 2.75) is 117 Å². The van der Waals surface area contributed by atoms with E-state index in [0.717, 1.165) is 24.0 Å². The van der Waals surface area contributed by atoms with E-state index in [9.17, 15) is 24.0 Å². The third-order valence-electron chi connectivity index (χ3n) is 10.8. The number of allylic oxidation sites excluding steroid dienone is 1. The quantitative estimate of drug-likeness (QED) is 0.172. The molecule has 13 heteroatoms. The molecule has 0 radical (unpaired) electrons. The number of hydrogen-bond donors (Lipinski definition) is 3. The minimum Gasteiger partial charge on any atom is -0.379 e. The molecule has 1 aromatic carbocycles. The van der Waals surface area contributed by atoms with Crippen LogP contribution in [0.25, 0.3) is 0 Å². The van der Waals surface area contributed by atoms with E-state index in [-0.39, 0.29) is 53.8 Å². The number of likely N-dealkylation sites (N-methyl/N-ethyl adjacent to an activating group) is 3. The van der Waals surface area contributed by atoms with Gasteiger partial charge in [0.25, 0.3) is 5.91 Å². The number of carbonyl (C=O) groups is 5. The molecule has 304 valence electrons. The van der Waals surface area contributed by atoms with Crippen LogP contribution in [0, 0.1) is 17.8 Å². The number of hydrogen-bond acceptors (Lipinski definition) is 8. The topological polar surface area (TPSA) is 150 Å². The molecule has 1 aliphatic rings. The second-order valence-corrected chi connectivity index (χ2v) is 15.4. The lowest BCUT2D eigenvalue weighted by Crippen LogP contribution is -2.58. The van der Waals surface area contributed by atoms with Gasteiger partial charge in [-0.3, -0.25) is 24.0 Å². The van der Waals surface area contributed by atoms with Gasteiger partial charge in [-0.25, -0.2) is 0 Å². The van der Waals surface area contributed by atoms with Crippen molar-refractivity contribution in [2.24, 2.45) is 17.8 Å². The van der Waals surface area contributed by atoms with Crippen LogP contribution in [0.5, 0.6) is 0 Å². The fraction of sp³-hybridized carbons (Fsp3) is 0.683. The minimum atomic E-state index is -0.801. The lowest BCUT2D eigenvalue weighted by atomic mass is 9.89. The fourth-order valence-corrected chi connectivity index (χ4v) is 7.66. The Morgan fingerprint density at radius 2 is 1.56 bits per heavy atom. The van der Waals surface area contributed by atoms with Crippen molar-refractivity contribution in [3.8, 4) is 0 Å². The number of methoxy groups -OCH3 is 2. The first-order valence-corrected chi connectivity index (χ1v) is 19.3. The highest BCUT2D eigenvalue weighted by Gasteiger charge is 2.43. The second-order valence-electron chi connectivity index (χ2n) is 15.4. The van der Waals surface area contributed by atoms with E-state index >= 15 is 0 Å². The van der Waals surface area contributed by atoms with Gasteiger partial charge in [-0.05, 0) is 49.7 Å². The van der Waals surface area contributed by atoms with Crippen molar-refractivity contribution in [3.63, 3.8) is 0 Å². The number of rotatable bonds is 20. The maximum Gasteiger partial charge on any atom is 0.268 e. The first-order valence-electron chi connectivity index (χ1n) is 19.3. The molecule has 1 saturated heterocycles. The number of carbonyl (C=O) groups excluding carboxylic acids is 5. The molecule has 8 atom stereocenters. The molecule has 1 fully saturated rings. The van der Waals surface area contributed by atoms with Crippen molar-refractivity contribution < 1.29 is 33.4 Å². The number of amides is 5. The summed E-state index contributed by atoms with van der Waals surface area (Å²) in [7, 11) is 9.94. The van der Waals surface area contributed by atoms with Crippen LogP contribution in [0.2, 0.25) is 0 Å². The molecule has 5 amide bonds. The molecule has 13 nitrogen and oxygen atoms in total. The van der Waals surface area contributed by atoms with Crippen molar-refractivity contribution in [1.82, 2.24) is 30.7 Å². The van der Waals surface area contributed by atoms with Gasteiger partial charge in [-0.15, -0.1) is 0 Å². The molecule has 0 saturated carbocycles. The van der Waals surface area contributed by atoms with E-state index in [1.807, 2.05) is 71.9 Å². The molecule has 0 spiro atoms. The van der Waals surface area contributed by atoms with E-state index in [2.05, 4.69) is 16.0 Å². The highest BCUT2D eigenvalue weighted by molar-refractivity contribution is 5.97. The molecule has 0 aliphatic carbocycles. The first-order chi connectivity index (χ1) is 25.4. The summed E-state index contributed by atoms with van der Waals surface area (Å²) in [5.41, 5.74) is 2.24. The third kappa shape index (κ3) is 12.0. The normalized spacial score (nSPS) is 18.0. The summed E-state index contributed by atoms with van der Waals surface area (Å²) >= 11 is 0. The molecule has 1 heterocycles. The van der Waals surface area contributed by atoms with Crippen LogP contribution in [0.4, 0.5) is 0 Å². The number of nitrogens with one attached hydrogen (secondary N) is 3. The maximum absolute atomic E-state index is 14.2. The van der Waals surface area contributed by atoms with E-state index < -0.39 is 36.3 Å². The number of benzene rings is 1. The van der Waals surface area contributed by atoms with Gasteiger partial charge >= 0.3 is 0 Å². The lowest BCUT2D eigenvalue weighted by Gasteiger charge is -2.41. The van der Waals surface area contributed by atoms with Crippen LogP contribution < -0.4 is 16.0 Å². The predicted molar refractivity (Wildman–Crippen MR) is 211 cm³/mol. The smallest absolute Gasteiger partial charge is 0.268 e. The summed E-state index contributed by atoms with van der Waals surface area (Å²) in [4.78, 5) is 73.4. The van der Waals surface area contributed by atoms with Gasteiger partial charge in [0, 0.05) is 55.4 Å². The standard InChI is InChI=1S/C41H68N6O7/c1-14-27(6)36(46(11)41(52)34(25(2)3)44-40(51)35(26(4)5)45(9)10)32(53-12)24-33(48)47-22-18-21-31(47)37(54-13)28(7)38(49)43-30(39(50)42-8)23-29-19-16-15-17-20-29/h15-17,19-20,25,27-28,30-32,34,36-37H,14,18,21-24H2,1-13H3,(H,42,50)(H,43,49)(H,44,51)/t27-,28+,30-,31-,32+,34-,36-,37+/m0/s1. The Hall–Kier alpha value is -3.97.